The molecule has 1 aromatic heterocycles. The number of carbonyl (C=O) groups excluding carboxylic acids is 1. The molecular formula is C14H16N6O3. The van der Waals surface area contributed by atoms with Crippen LogP contribution in [0.2, 0.25) is 0 Å². The summed E-state index contributed by atoms with van der Waals surface area (Å²) in [5.74, 6) is 0.128. The normalized spacial score (nSPS) is 17.4. The molecule has 1 unspecified atom stereocenters. The summed E-state index contributed by atoms with van der Waals surface area (Å²) >= 11 is 0. The molecule has 1 amide bonds. The number of non-ortho nitro benzene ring substituents is 1. The zero-order valence-electron chi connectivity index (χ0n) is 12.3. The first-order chi connectivity index (χ1) is 11.1. The van der Waals surface area contributed by atoms with E-state index in [0.29, 0.717) is 31.2 Å². The van der Waals surface area contributed by atoms with E-state index in [9.17, 15) is 14.9 Å². The third-order valence-corrected chi connectivity index (χ3v) is 3.92. The van der Waals surface area contributed by atoms with Gasteiger partial charge in [0.25, 0.3) is 11.6 Å². The topological polar surface area (TPSA) is 120 Å². The maximum Gasteiger partial charge on any atom is 0.276 e. The monoisotopic (exact) mass is 316 g/mol. The van der Waals surface area contributed by atoms with Gasteiger partial charge in [-0.15, -0.1) is 5.10 Å². The number of hydrogen-bond donors (Lipinski definition) is 1. The van der Waals surface area contributed by atoms with Gasteiger partial charge < -0.3 is 10.6 Å². The first-order valence-electron chi connectivity index (χ1n) is 7.25. The van der Waals surface area contributed by atoms with Crippen molar-refractivity contribution in [3.8, 4) is 5.69 Å². The Bertz CT molecular complexity index is 744. The van der Waals surface area contributed by atoms with E-state index in [2.05, 4.69) is 10.3 Å². The molecule has 1 atom stereocenters. The van der Waals surface area contributed by atoms with E-state index >= 15 is 0 Å². The lowest BCUT2D eigenvalue weighted by Gasteiger charge is -2.13. The number of benzene rings is 1. The van der Waals surface area contributed by atoms with Gasteiger partial charge in [-0.1, -0.05) is 11.3 Å². The van der Waals surface area contributed by atoms with Gasteiger partial charge in [0.2, 0.25) is 0 Å². The lowest BCUT2D eigenvalue weighted by molar-refractivity contribution is -0.384. The molecule has 0 radical (unpaired) electrons. The number of hydrogen-bond acceptors (Lipinski definition) is 6. The van der Waals surface area contributed by atoms with Crippen molar-refractivity contribution in [2.24, 2.45) is 11.7 Å². The summed E-state index contributed by atoms with van der Waals surface area (Å²) in [5, 5.41) is 18.6. The van der Waals surface area contributed by atoms with E-state index in [1.165, 1.54) is 23.0 Å². The molecule has 1 aliphatic heterocycles. The van der Waals surface area contributed by atoms with Gasteiger partial charge >= 0.3 is 0 Å². The summed E-state index contributed by atoms with van der Waals surface area (Å²) in [6, 6.07) is 5.99. The summed E-state index contributed by atoms with van der Waals surface area (Å²) in [6.45, 7) is 1.84. The molecule has 2 aromatic rings. The Labute approximate surface area is 131 Å². The molecule has 1 aliphatic rings. The van der Waals surface area contributed by atoms with E-state index in [4.69, 9.17) is 5.73 Å². The summed E-state index contributed by atoms with van der Waals surface area (Å²) in [5.41, 5.74) is 6.28. The fourth-order valence-corrected chi connectivity index (χ4v) is 2.61. The predicted molar refractivity (Wildman–Crippen MR) is 81.1 cm³/mol. The second-order valence-electron chi connectivity index (χ2n) is 5.47. The Morgan fingerprint density at radius 2 is 2.30 bits per heavy atom. The van der Waals surface area contributed by atoms with Crippen molar-refractivity contribution >= 4 is 11.6 Å². The van der Waals surface area contributed by atoms with Crippen molar-refractivity contribution in [2.45, 2.75) is 6.42 Å². The van der Waals surface area contributed by atoms with Crippen molar-refractivity contribution in [2.75, 3.05) is 19.6 Å². The molecule has 1 fully saturated rings. The van der Waals surface area contributed by atoms with Crippen LogP contribution in [0.3, 0.4) is 0 Å². The molecular weight excluding hydrogens is 300 g/mol. The second kappa shape index (κ2) is 6.13. The third-order valence-electron chi connectivity index (χ3n) is 3.92. The zero-order valence-corrected chi connectivity index (χ0v) is 12.3. The molecule has 1 saturated heterocycles. The summed E-state index contributed by atoms with van der Waals surface area (Å²) in [4.78, 5) is 24.4. The van der Waals surface area contributed by atoms with Gasteiger partial charge in [0.1, 0.15) is 0 Å². The highest BCUT2D eigenvalue weighted by Gasteiger charge is 2.27. The van der Waals surface area contributed by atoms with Crippen LogP contribution in [-0.2, 0) is 0 Å². The molecule has 9 nitrogen and oxygen atoms in total. The number of likely N-dealkylation sites (tertiary alicyclic amines) is 1. The van der Waals surface area contributed by atoms with Crippen molar-refractivity contribution in [1.29, 1.82) is 0 Å². The Morgan fingerprint density at radius 1 is 1.48 bits per heavy atom. The number of nitro groups is 1. The minimum Gasteiger partial charge on any atom is -0.337 e. The van der Waals surface area contributed by atoms with Gasteiger partial charge in [0.05, 0.1) is 16.8 Å². The van der Waals surface area contributed by atoms with Crippen LogP contribution in [0.4, 0.5) is 5.69 Å². The van der Waals surface area contributed by atoms with Crippen LogP contribution in [0.15, 0.2) is 30.5 Å². The van der Waals surface area contributed by atoms with E-state index < -0.39 is 4.92 Å². The van der Waals surface area contributed by atoms with Crippen LogP contribution in [0, 0.1) is 16.0 Å². The van der Waals surface area contributed by atoms with Gasteiger partial charge in [-0.2, -0.15) is 0 Å². The average Bonchev–Trinajstić information content (AvgIpc) is 3.23. The lowest BCUT2D eigenvalue weighted by Crippen LogP contribution is -2.30. The van der Waals surface area contributed by atoms with Gasteiger partial charge in [-0.05, 0) is 24.9 Å². The van der Waals surface area contributed by atoms with Crippen molar-refractivity contribution in [3.05, 3.63) is 46.3 Å². The molecule has 3 rings (SSSR count). The Hall–Kier alpha value is -2.81. The molecule has 2 N–H and O–H groups in total. The highest BCUT2D eigenvalue weighted by Crippen LogP contribution is 2.19. The number of aromatic nitrogens is 3. The Balaban J connectivity index is 1.79. The van der Waals surface area contributed by atoms with Crippen LogP contribution < -0.4 is 5.73 Å². The van der Waals surface area contributed by atoms with E-state index in [-0.39, 0.29) is 17.3 Å². The first kappa shape index (κ1) is 15.1. The number of nitrogens with two attached hydrogens (primary N) is 1. The molecule has 0 aliphatic carbocycles. The maximum absolute atomic E-state index is 12.4. The van der Waals surface area contributed by atoms with Crippen LogP contribution >= 0.6 is 0 Å². The van der Waals surface area contributed by atoms with Crippen molar-refractivity contribution < 1.29 is 9.72 Å². The van der Waals surface area contributed by atoms with Gasteiger partial charge in [0, 0.05) is 25.2 Å². The summed E-state index contributed by atoms with van der Waals surface area (Å²) in [7, 11) is 0. The molecule has 1 aromatic carbocycles. The van der Waals surface area contributed by atoms with E-state index in [1.54, 1.807) is 17.0 Å². The average molecular weight is 316 g/mol. The van der Waals surface area contributed by atoms with Crippen LogP contribution in [-0.4, -0.2) is 50.4 Å². The number of nitrogens with zero attached hydrogens (tertiary/aromatic N) is 5. The standard InChI is InChI=1S/C14H16N6O3/c15-7-10-4-5-18(8-10)14(21)13-9-19(17-16-13)11-2-1-3-12(6-11)20(22)23/h1-3,6,9-10H,4-5,7-8,15H2. The molecule has 23 heavy (non-hydrogen) atoms. The molecule has 9 heteroatoms. The predicted octanol–water partition coefficient (Wildman–Crippen LogP) is 0.596. The number of amides is 1. The molecule has 0 saturated carbocycles. The molecule has 120 valence electrons. The smallest absolute Gasteiger partial charge is 0.276 e. The maximum atomic E-state index is 12.4. The van der Waals surface area contributed by atoms with Crippen LogP contribution in [0.5, 0.6) is 0 Å². The highest BCUT2D eigenvalue weighted by atomic mass is 16.6. The van der Waals surface area contributed by atoms with Crippen molar-refractivity contribution in [1.82, 2.24) is 19.9 Å². The minimum absolute atomic E-state index is 0.0452. The minimum atomic E-state index is -0.482. The summed E-state index contributed by atoms with van der Waals surface area (Å²) < 4.78 is 1.36. The van der Waals surface area contributed by atoms with E-state index in [0.717, 1.165) is 6.42 Å². The molecule has 0 spiro atoms. The molecule has 0 bridgehead atoms. The largest absolute Gasteiger partial charge is 0.337 e. The number of rotatable bonds is 4. The van der Waals surface area contributed by atoms with Crippen LogP contribution in [0.1, 0.15) is 16.9 Å². The van der Waals surface area contributed by atoms with E-state index in [1.807, 2.05) is 0 Å². The molecule has 2 heterocycles. The Kier molecular flexibility index (Phi) is 4.02. The van der Waals surface area contributed by atoms with Gasteiger partial charge in [-0.3, -0.25) is 14.9 Å². The SMILES string of the molecule is NCC1CCN(C(=O)c2cn(-c3cccc([N+](=O)[O-])c3)nn2)C1. The second-order valence-corrected chi connectivity index (χ2v) is 5.47. The lowest BCUT2D eigenvalue weighted by atomic mass is 10.1. The fraction of sp³-hybridized carbons (Fsp3) is 0.357. The summed E-state index contributed by atoms with van der Waals surface area (Å²) in [6.07, 6.45) is 2.37. The van der Waals surface area contributed by atoms with Gasteiger partial charge in [-0.25, -0.2) is 4.68 Å². The fourth-order valence-electron chi connectivity index (χ4n) is 2.61. The first-order valence-corrected chi connectivity index (χ1v) is 7.25. The number of nitro benzene ring substituents is 1. The quantitative estimate of drug-likeness (QED) is 0.651. The van der Waals surface area contributed by atoms with Crippen molar-refractivity contribution in [3.63, 3.8) is 0 Å². The third kappa shape index (κ3) is 3.04. The number of carbonyl (C=O) groups is 1. The highest BCUT2D eigenvalue weighted by molar-refractivity contribution is 5.92. The zero-order chi connectivity index (χ0) is 16.4. The van der Waals surface area contributed by atoms with Gasteiger partial charge in [0.15, 0.2) is 5.69 Å². The Morgan fingerprint density at radius 3 is 3.00 bits per heavy atom. The van der Waals surface area contributed by atoms with Crippen LogP contribution in [0.25, 0.3) is 5.69 Å².